The molecule has 0 saturated carbocycles. The molecule has 12 heteroatoms. The summed E-state index contributed by atoms with van der Waals surface area (Å²) in [7, 11) is -10.4. The van der Waals surface area contributed by atoms with Gasteiger partial charge in [0, 0.05) is 0 Å². The normalized spacial score (nSPS) is 13.3. The molecule has 0 aromatic heterocycles. The Bertz CT molecular complexity index is 708. The summed E-state index contributed by atoms with van der Waals surface area (Å²) in [5.74, 6) is 0. The second-order valence-electron chi connectivity index (χ2n) is 3.50. The van der Waals surface area contributed by atoms with E-state index in [4.69, 9.17) is 0 Å². The van der Waals surface area contributed by atoms with Crippen LogP contribution in [0.25, 0.3) is 0 Å². The van der Waals surface area contributed by atoms with Crippen molar-refractivity contribution in [2.45, 2.75) is 14.7 Å². The van der Waals surface area contributed by atoms with Crippen molar-refractivity contribution in [3.05, 3.63) is 18.2 Å². The minimum Gasteiger partial charge on any atom is -0.270 e. The van der Waals surface area contributed by atoms with E-state index < -0.39 is 45.0 Å². The molecule has 0 spiro atoms. The summed E-state index contributed by atoms with van der Waals surface area (Å²) >= 11 is 0. The molecule has 9 nitrogen and oxygen atoms in total. The summed E-state index contributed by atoms with van der Waals surface area (Å²) in [4.78, 5) is -2.00. The molecule has 1 aromatic rings. The molecule has 0 radical (unpaired) electrons. The van der Waals surface area contributed by atoms with Gasteiger partial charge in [0.05, 0.1) is 36.0 Å². The second-order valence-corrected chi connectivity index (χ2v) is 8.64. The Morgan fingerprint density at radius 1 is 0.571 bits per heavy atom. The third-order valence-electron chi connectivity index (χ3n) is 2.38. The third-order valence-corrected chi connectivity index (χ3v) is 6.13. The monoisotopic (exact) mass is 360 g/mol. The molecule has 120 valence electrons. The molecule has 0 fully saturated rings. The highest BCUT2D eigenvalue weighted by atomic mass is 32.2. The molecule has 0 aliphatic rings. The highest BCUT2D eigenvalue weighted by Gasteiger charge is 2.25. The number of hydrogen-bond acceptors (Lipinski definition) is 9. The van der Waals surface area contributed by atoms with Crippen molar-refractivity contribution in [3.63, 3.8) is 0 Å². The SMILES string of the molecule is COS(=O)(=O)c1cc(S(=O)(=O)OC)cc(S(=O)(=O)OC)c1. The van der Waals surface area contributed by atoms with Crippen molar-refractivity contribution in [3.8, 4) is 0 Å². The summed E-state index contributed by atoms with van der Waals surface area (Å²) in [6.07, 6.45) is 0. The molecule has 0 aliphatic heterocycles. The zero-order valence-electron chi connectivity index (χ0n) is 11.1. The van der Waals surface area contributed by atoms with E-state index in [1.165, 1.54) is 0 Å². The lowest BCUT2D eigenvalue weighted by atomic mass is 10.4. The molecule has 0 amide bonds. The van der Waals surface area contributed by atoms with Crippen LogP contribution in [0.4, 0.5) is 0 Å². The molecule has 0 unspecified atom stereocenters. The van der Waals surface area contributed by atoms with E-state index in [2.05, 4.69) is 12.5 Å². The summed E-state index contributed by atoms with van der Waals surface area (Å²) in [5, 5.41) is 0. The first-order chi connectivity index (χ1) is 9.50. The lowest BCUT2D eigenvalue weighted by Crippen LogP contribution is -2.11. The Hall–Kier alpha value is -1.05. The highest BCUT2D eigenvalue weighted by Crippen LogP contribution is 2.25. The van der Waals surface area contributed by atoms with E-state index in [1.54, 1.807) is 0 Å². The van der Waals surface area contributed by atoms with Crippen molar-refractivity contribution in [2.24, 2.45) is 0 Å². The van der Waals surface area contributed by atoms with E-state index in [0.29, 0.717) is 18.2 Å². The van der Waals surface area contributed by atoms with Crippen LogP contribution in [0.5, 0.6) is 0 Å². The van der Waals surface area contributed by atoms with Crippen LogP contribution >= 0.6 is 0 Å². The summed E-state index contributed by atoms with van der Waals surface area (Å²) in [6.45, 7) is 0. The molecule has 1 rings (SSSR count). The summed E-state index contributed by atoms with van der Waals surface area (Å²) in [6, 6.07) is 2.14. The molecular weight excluding hydrogens is 348 g/mol. The van der Waals surface area contributed by atoms with Gasteiger partial charge in [0.15, 0.2) is 0 Å². The van der Waals surface area contributed by atoms with Crippen LogP contribution in [-0.2, 0) is 42.9 Å². The van der Waals surface area contributed by atoms with Gasteiger partial charge in [-0.3, -0.25) is 12.5 Å². The van der Waals surface area contributed by atoms with Crippen molar-refractivity contribution in [1.29, 1.82) is 0 Å². The predicted molar refractivity (Wildman–Crippen MR) is 69.0 cm³/mol. The Morgan fingerprint density at radius 2 is 0.762 bits per heavy atom. The first kappa shape index (κ1) is 18.0. The van der Waals surface area contributed by atoms with Gasteiger partial charge in [-0.2, -0.15) is 25.3 Å². The Morgan fingerprint density at radius 3 is 0.905 bits per heavy atom. The van der Waals surface area contributed by atoms with E-state index >= 15 is 0 Å². The lowest BCUT2D eigenvalue weighted by Gasteiger charge is -2.09. The largest absolute Gasteiger partial charge is 0.296 e. The first-order valence-corrected chi connectivity index (χ1v) is 9.29. The van der Waals surface area contributed by atoms with Crippen LogP contribution in [0.2, 0.25) is 0 Å². The average molecular weight is 360 g/mol. The van der Waals surface area contributed by atoms with Crippen LogP contribution in [0.3, 0.4) is 0 Å². The zero-order chi connectivity index (χ0) is 16.5. The molecule has 1 aromatic carbocycles. The van der Waals surface area contributed by atoms with Crippen molar-refractivity contribution in [1.82, 2.24) is 0 Å². The molecule has 0 aliphatic carbocycles. The molecule has 0 atom stereocenters. The van der Waals surface area contributed by atoms with Gasteiger partial charge in [-0.15, -0.1) is 0 Å². The van der Waals surface area contributed by atoms with Crippen molar-refractivity contribution < 1.29 is 37.8 Å². The van der Waals surface area contributed by atoms with Gasteiger partial charge < -0.3 is 0 Å². The van der Waals surface area contributed by atoms with Crippen LogP contribution in [0.15, 0.2) is 32.9 Å². The van der Waals surface area contributed by atoms with Gasteiger partial charge in [0.2, 0.25) is 0 Å². The zero-order valence-corrected chi connectivity index (χ0v) is 13.6. The van der Waals surface area contributed by atoms with Crippen molar-refractivity contribution in [2.75, 3.05) is 21.3 Å². The van der Waals surface area contributed by atoms with Crippen LogP contribution in [-0.4, -0.2) is 46.6 Å². The fourth-order valence-corrected chi connectivity index (χ4v) is 3.70. The lowest BCUT2D eigenvalue weighted by molar-refractivity contribution is 0.393. The van der Waals surface area contributed by atoms with E-state index in [0.717, 1.165) is 21.3 Å². The highest BCUT2D eigenvalue weighted by molar-refractivity contribution is 7.88. The molecule has 21 heavy (non-hydrogen) atoms. The summed E-state index contributed by atoms with van der Waals surface area (Å²) < 4.78 is 82.5. The maximum Gasteiger partial charge on any atom is 0.296 e. The maximum atomic E-state index is 11.6. The third kappa shape index (κ3) is 3.78. The molecule has 0 N–H and O–H groups in total. The average Bonchev–Trinajstić information content (AvgIpc) is 2.46. The quantitative estimate of drug-likeness (QED) is 0.627. The number of hydrogen-bond donors (Lipinski definition) is 0. The Kier molecular flexibility index (Phi) is 5.13. The van der Waals surface area contributed by atoms with E-state index in [1.807, 2.05) is 0 Å². The maximum absolute atomic E-state index is 11.6. The van der Waals surface area contributed by atoms with Crippen LogP contribution in [0, 0.1) is 0 Å². The molecule has 0 saturated heterocycles. The first-order valence-electron chi connectivity index (χ1n) is 5.07. The minimum atomic E-state index is -4.32. The predicted octanol–water partition coefficient (Wildman–Crippen LogP) is -0.308. The van der Waals surface area contributed by atoms with Gasteiger partial charge in [0.1, 0.15) is 0 Å². The topological polar surface area (TPSA) is 130 Å². The van der Waals surface area contributed by atoms with E-state index in [9.17, 15) is 25.3 Å². The van der Waals surface area contributed by atoms with Crippen LogP contribution in [0.1, 0.15) is 0 Å². The molecular formula is C9H12O9S3. The minimum absolute atomic E-state index is 0.668. The fraction of sp³-hybridized carbons (Fsp3) is 0.333. The summed E-state index contributed by atoms with van der Waals surface area (Å²) in [5.41, 5.74) is 0. The van der Waals surface area contributed by atoms with Gasteiger partial charge in [-0.25, -0.2) is 0 Å². The Balaban J connectivity index is 3.80. The smallest absolute Gasteiger partial charge is 0.270 e. The Labute approximate surface area is 122 Å². The molecule has 0 bridgehead atoms. The number of rotatable bonds is 6. The van der Waals surface area contributed by atoms with Gasteiger partial charge >= 0.3 is 0 Å². The molecule has 0 heterocycles. The van der Waals surface area contributed by atoms with Crippen LogP contribution < -0.4 is 0 Å². The fourth-order valence-electron chi connectivity index (χ4n) is 1.27. The number of benzene rings is 1. The van der Waals surface area contributed by atoms with Gasteiger partial charge in [0.25, 0.3) is 30.4 Å². The van der Waals surface area contributed by atoms with Crippen molar-refractivity contribution >= 4 is 30.4 Å². The second kappa shape index (κ2) is 5.98. The standard InChI is InChI=1S/C9H12O9S3/c1-16-19(10,11)7-4-8(20(12,13)17-2)6-9(5-7)21(14,15)18-3/h4-6H,1-3H3. The van der Waals surface area contributed by atoms with Gasteiger partial charge in [-0.05, 0) is 18.2 Å². The van der Waals surface area contributed by atoms with E-state index in [-0.39, 0.29) is 0 Å². The van der Waals surface area contributed by atoms with Gasteiger partial charge in [-0.1, -0.05) is 0 Å².